The van der Waals surface area contributed by atoms with E-state index in [1.165, 1.54) is 0 Å². The van der Waals surface area contributed by atoms with E-state index in [2.05, 4.69) is 15.6 Å². The second-order valence-corrected chi connectivity index (χ2v) is 13.1. The summed E-state index contributed by atoms with van der Waals surface area (Å²) < 4.78 is 41.8. The lowest BCUT2D eigenvalue weighted by atomic mass is 9.97. The highest BCUT2D eigenvalue weighted by atomic mass is 32.2. The second kappa shape index (κ2) is 11.1. The molecule has 208 valence electrons. The van der Waals surface area contributed by atoms with E-state index in [4.69, 9.17) is 5.73 Å². The van der Waals surface area contributed by atoms with Crippen molar-refractivity contribution in [1.29, 1.82) is 0 Å². The van der Waals surface area contributed by atoms with Crippen LogP contribution in [0.2, 0.25) is 0 Å². The lowest BCUT2D eigenvalue weighted by Gasteiger charge is -2.44. The molecule has 1 aromatic rings. The molecule has 9 nitrogen and oxygen atoms in total. The Morgan fingerprint density at radius 3 is 2.58 bits per heavy atom. The number of aliphatic imine (C=N–C) groups is 1. The largest absolute Gasteiger partial charge is 0.381 e. The van der Waals surface area contributed by atoms with E-state index in [1.807, 2.05) is 22.8 Å². The summed E-state index contributed by atoms with van der Waals surface area (Å²) >= 11 is 0. The molecule has 3 atom stereocenters. The first-order chi connectivity index (χ1) is 18.3. The number of amides is 1. The monoisotopic (exact) mass is 546 g/mol. The summed E-state index contributed by atoms with van der Waals surface area (Å²) in [5, 5.41) is 6.02. The molecule has 1 saturated carbocycles. The van der Waals surface area contributed by atoms with Gasteiger partial charge in [-0.15, -0.1) is 0 Å². The van der Waals surface area contributed by atoms with Crippen LogP contribution in [0, 0.1) is 0 Å². The molecule has 0 spiro atoms. The standard InChI is InChI=1S/C27H39FN6O3S/c1-18-30-25(29)24(28)26(31-18)33-15-7-9-19(17-33)34-16-8-13-22(27(34)35)32-21-12-5-6-14-23(21)38(36,37)20-10-3-2-4-11-20/h5-6,12,14,18-20,22,31-32H,2-4,7-11,13,15-17H2,1H3,(H2,29,30)/t18?,19-,22?/m1/s1. The zero-order valence-electron chi connectivity index (χ0n) is 22.0. The number of sulfone groups is 1. The molecule has 3 aliphatic heterocycles. The van der Waals surface area contributed by atoms with Gasteiger partial charge in [-0.2, -0.15) is 4.39 Å². The molecule has 3 fully saturated rings. The Bertz CT molecular complexity index is 1210. The number of hydrogen-bond acceptors (Lipinski definition) is 8. The van der Waals surface area contributed by atoms with Crippen molar-refractivity contribution in [3.63, 3.8) is 0 Å². The Kier molecular flexibility index (Phi) is 7.83. The Balaban J connectivity index is 1.31. The number of likely N-dealkylation sites (tertiary alicyclic amines) is 2. The predicted octanol–water partition coefficient (Wildman–Crippen LogP) is 3.11. The van der Waals surface area contributed by atoms with Crippen molar-refractivity contribution >= 4 is 27.3 Å². The number of carbonyl (C=O) groups excluding carboxylic acids is 1. The summed E-state index contributed by atoms with van der Waals surface area (Å²) in [4.78, 5) is 21.9. The van der Waals surface area contributed by atoms with E-state index in [0.29, 0.717) is 55.3 Å². The summed E-state index contributed by atoms with van der Waals surface area (Å²) in [6, 6.07) is 6.40. The van der Waals surface area contributed by atoms with Gasteiger partial charge in [-0.25, -0.2) is 13.4 Å². The molecule has 3 heterocycles. The fourth-order valence-corrected chi connectivity index (χ4v) is 8.31. The van der Waals surface area contributed by atoms with E-state index < -0.39 is 21.7 Å². The summed E-state index contributed by atoms with van der Waals surface area (Å²) in [7, 11) is -3.49. The maximum atomic E-state index is 14.8. The highest BCUT2D eigenvalue weighted by Gasteiger charge is 2.38. The van der Waals surface area contributed by atoms with Crippen molar-refractivity contribution in [2.45, 2.75) is 93.1 Å². The van der Waals surface area contributed by atoms with Gasteiger partial charge in [0.05, 0.1) is 15.8 Å². The van der Waals surface area contributed by atoms with Gasteiger partial charge in [-0.1, -0.05) is 31.4 Å². The number of rotatable bonds is 6. The molecule has 2 unspecified atom stereocenters. The average molecular weight is 547 g/mol. The van der Waals surface area contributed by atoms with Crippen LogP contribution in [0.4, 0.5) is 10.1 Å². The molecular formula is C27H39FN6O3S. The SMILES string of the molecule is CC1N=C(N)C(F)=C(N2CCC[C@@H](N3CCCC(Nc4ccccc4S(=O)(=O)C4CCCCC4)C3=O)C2)N1. The van der Waals surface area contributed by atoms with Crippen molar-refractivity contribution in [1.82, 2.24) is 15.1 Å². The van der Waals surface area contributed by atoms with Crippen LogP contribution in [0.25, 0.3) is 0 Å². The summed E-state index contributed by atoms with van der Waals surface area (Å²) in [6.07, 6.45) is 7.09. The molecule has 1 amide bonds. The average Bonchev–Trinajstić information content (AvgIpc) is 2.92. The van der Waals surface area contributed by atoms with Crippen LogP contribution in [-0.4, -0.2) is 73.1 Å². The Labute approximate surface area is 224 Å². The summed E-state index contributed by atoms with van der Waals surface area (Å²) in [5.41, 5.74) is 6.29. The molecule has 0 aromatic heterocycles. The van der Waals surface area contributed by atoms with Crippen molar-refractivity contribution in [3.8, 4) is 0 Å². The van der Waals surface area contributed by atoms with Gasteiger partial charge in [-0.3, -0.25) is 4.79 Å². The molecule has 4 N–H and O–H groups in total. The Morgan fingerprint density at radius 1 is 1.05 bits per heavy atom. The Hall–Kier alpha value is -2.82. The number of nitrogens with one attached hydrogen (secondary N) is 2. The molecule has 5 rings (SSSR count). The van der Waals surface area contributed by atoms with Crippen molar-refractivity contribution in [2.75, 3.05) is 25.0 Å². The predicted molar refractivity (Wildman–Crippen MR) is 146 cm³/mol. The zero-order chi connectivity index (χ0) is 26.9. The molecule has 38 heavy (non-hydrogen) atoms. The highest BCUT2D eigenvalue weighted by molar-refractivity contribution is 7.92. The van der Waals surface area contributed by atoms with Gasteiger partial charge in [0.25, 0.3) is 0 Å². The van der Waals surface area contributed by atoms with Crippen LogP contribution in [-0.2, 0) is 14.6 Å². The molecule has 0 radical (unpaired) electrons. The number of nitrogens with zero attached hydrogens (tertiary/aromatic N) is 3. The number of para-hydroxylation sites is 1. The number of piperidine rings is 2. The first-order valence-electron chi connectivity index (χ1n) is 13.9. The number of anilines is 1. The van der Waals surface area contributed by atoms with Gasteiger partial charge < -0.3 is 26.2 Å². The molecule has 0 bridgehead atoms. The lowest BCUT2D eigenvalue weighted by molar-refractivity contribution is -0.137. The minimum Gasteiger partial charge on any atom is -0.381 e. The van der Waals surface area contributed by atoms with Gasteiger partial charge in [0, 0.05) is 25.7 Å². The second-order valence-electron chi connectivity index (χ2n) is 10.9. The van der Waals surface area contributed by atoms with Crippen molar-refractivity contribution in [2.24, 2.45) is 10.7 Å². The van der Waals surface area contributed by atoms with Crippen LogP contribution in [0.15, 0.2) is 45.8 Å². The minimum absolute atomic E-state index is 0.0338. The number of carbonyl (C=O) groups is 1. The van der Waals surface area contributed by atoms with Crippen LogP contribution in [0.1, 0.15) is 64.7 Å². The summed E-state index contributed by atoms with van der Waals surface area (Å²) in [6.45, 7) is 3.62. The lowest BCUT2D eigenvalue weighted by Crippen LogP contribution is -2.57. The van der Waals surface area contributed by atoms with Crippen LogP contribution in [0.3, 0.4) is 0 Å². The van der Waals surface area contributed by atoms with Gasteiger partial charge in [-0.05, 0) is 57.6 Å². The van der Waals surface area contributed by atoms with Crippen molar-refractivity contribution < 1.29 is 17.6 Å². The van der Waals surface area contributed by atoms with Gasteiger partial charge in [0.1, 0.15) is 18.0 Å². The first-order valence-corrected chi connectivity index (χ1v) is 15.4. The van der Waals surface area contributed by atoms with E-state index in [-0.39, 0.29) is 29.2 Å². The molecule has 4 aliphatic rings. The minimum atomic E-state index is -3.49. The molecule has 11 heteroatoms. The fourth-order valence-electron chi connectivity index (χ4n) is 6.30. The fraction of sp³-hybridized carbons (Fsp3) is 0.630. The van der Waals surface area contributed by atoms with Crippen molar-refractivity contribution in [3.05, 3.63) is 35.9 Å². The zero-order valence-corrected chi connectivity index (χ0v) is 22.9. The number of hydrogen-bond donors (Lipinski definition) is 3. The quantitative estimate of drug-likeness (QED) is 0.502. The highest BCUT2D eigenvalue weighted by Crippen LogP contribution is 2.33. The van der Waals surface area contributed by atoms with Gasteiger partial charge in [0.15, 0.2) is 15.7 Å². The maximum absolute atomic E-state index is 14.8. The molecule has 2 saturated heterocycles. The van der Waals surface area contributed by atoms with E-state index in [1.54, 1.807) is 18.2 Å². The molecule has 1 aromatic carbocycles. The molecular weight excluding hydrogens is 507 g/mol. The van der Waals surface area contributed by atoms with E-state index in [9.17, 15) is 17.6 Å². The van der Waals surface area contributed by atoms with Gasteiger partial charge >= 0.3 is 0 Å². The number of nitrogens with two attached hydrogens (primary N) is 1. The molecule has 1 aliphatic carbocycles. The first kappa shape index (κ1) is 26.8. The maximum Gasteiger partial charge on any atom is 0.245 e. The van der Waals surface area contributed by atoms with E-state index in [0.717, 1.165) is 38.5 Å². The normalized spacial score (nSPS) is 27.7. The number of benzene rings is 1. The Morgan fingerprint density at radius 2 is 1.79 bits per heavy atom. The third kappa shape index (κ3) is 5.34. The third-order valence-electron chi connectivity index (χ3n) is 8.25. The number of amidine groups is 1. The summed E-state index contributed by atoms with van der Waals surface area (Å²) in [5.74, 6) is -0.346. The van der Waals surface area contributed by atoms with Crippen LogP contribution < -0.4 is 16.4 Å². The topological polar surface area (TPSA) is 120 Å². The number of halogens is 1. The smallest absolute Gasteiger partial charge is 0.245 e. The van der Waals surface area contributed by atoms with Crippen LogP contribution in [0.5, 0.6) is 0 Å². The van der Waals surface area contributed by atoms with E-state index >= 15 is 0 Å². The van der Waals surface area contributed by atoms with Crippen LogP contribution >= 0.6 is 0 Å². The van der Waals surface area contributed by atoms with Gasteiger partial charge in [0.2, 0.25) is 11.7 Å². The third-order valence-corrected chi connectivity index (χ3v) is 10.6.